The van der Waals surface area contributed by atoms with Gasteiger partial charge >= 0.3 is 0 Å². The van der Waals surface area contributed by atoms with Gasteiger partial charge in [0.15, 0.2) is 0 Å². The maximum atomic E-state index is 4.13. The Bertz CT molecular complexity index is 408. The second-order valence-electron chi connectivity index (χ2n) is 4.95. The Morgan fingerprint density at radius 1 is 1.21 bits per heavy atom. The van der Waals surface area contributed by atoms with Crippen LogP contribution in [0, 0.1) is 12.0 Å². The molecule has 102 valence electrons. The molecule has 0 N–H and O–H groups in total. The van der Waals surface area contributed by atoms with Gasteiger partial charge in [0.1, 0.15) is 0 Å². The van der Waals surface area contributed by atoms with Crippen molar-refractivity contribution in [2.24, 2.45) is 4.99 Å². The molecule has 1 aromatic rings. The summed E-state index contributed by atoms with van der Waals surface area (Å²) in [4.78, 5) is 4.13. The lowest BCUT2D eigenvalue weighted by Crippen LogP contribution is -1.91. The number of hydrogen-bond donors (Lipinski definition) is 0. The van der Waals surface area contributed by atoms with Crippen LogP contribution in [-0.2, 0) is 0 Å². The van der Waals surface area contributed by atoms with E-state index >= 15 is 0 Å². The summed E-state index contributed by atoms with van der Waals surface area (Å²) in [6, 6.07) is 13.5. The van der Waals surface area contributed by atoms with Crippen molar-refractivity contribution in [3.8, 4) is 12.0 Å². The predicted molar refractivity (Wildman–Crippen MR) is 84.5 cm³/mol. The fraction of sp³-hybridized carbons (Fsp3) is 0.500. The van der Waals surface area contributed by atoms with Gasteiger partial charge in [-0.25, -0.2) is 4.99 Å². The fourth-order valence-electron chi connectivity index (χ4n) is 1.93. The second kappa shape index (κ2) is 10.4. The maximum Gasteiger partial charge on any atom is 0.0333 e. The predicted octanol–water partition coefficient (Wildman–Crippen LogP) is 5.18. The number of rotatable bonds is 7. The Morgan fingerprint density at radius 3 is 2.74 bits per heavy atom. The molecule has 0 aromatic heterocycles. The van der Waals surface area contributed by atoms with Crippen molar-refractivity contribution in [3.05, 3.63) is 35.9 Å². The van der Waals surface area contributed by atoms with E-state index in [2.05, 4.69) is 61.1 Å². The van der Waals surface area contributed by atoms with Crippen LogP contribution in [-0.4, -0.2) is 6.21 Å². The first-order valence-corrected chi connectivity index (χ1v) is 7.39. The molecule has 0 radical (unpaired) electrons. The van der Waals surface area contributed by atoms with Gasteiger partial charge in [-0.15, -0.1) is 0 Å². The highest BCUT2D eigenvalue weighted by molar-refractivity contribution is 5.58. The average Bonchev–Trinajstić information content (AvgIpc) is 2.46. The number of hydrogen-bond acceptors (Lipinski definition) is 1. The molecule has 1 aromatic carbocycles. The molecule has 1 heteroatoms. The van der Waals surface area contributed by atoms with E-state index in [1.54, 1.807) is 0 Å². The van der Waals surface area contributed by atoms with Gasteiger partial charge in [0.05, 0.1) is 0 Å². The topological polar surface area (TPSA) is 12.4 Å². The van der Waals surface area contributed by atoms with E-state index in [0.29, 0.717) is 5.92 Å². The minimum Gasteiger partial charge on any atom is -0.210 e. The number of unbranched alkanes of at least 4 members (excludes halogenated alkanes) is 3. The van der Waals surface area contributed by atoms with Gasteiger partial charge in [0, 0.05) is 18.7 Å². The first-order chi connectivity index (χ1) is 9.34. The normalized spacial score (nSPS) is 12.1. The molecule has 1 nitrogen and oxygen atoms in total. The van der Waals surface area contributed by atoms with Crippen molar-refractivity contribution in [1.29, 1.82) is 0 Å². The van der Waals surface area contributed by atoms with Crippen molar-refractivity contribution in [3.63, 3.8) is 0 Å². The summed E-state index contributed by atoms with van der Waals surface area (Å²) in [5, 5.41) is 0. The summed E-state index contributed by atoms with van der Waals surface area (Å²) in [7, 11) is 0. The molecule has 0 saturated carbocycles. The molecular formula is C18H25N. The number of aliphatic imine (C=N–C) groups is 1. The van der Waals surface area contributed by atoms with E-state index in [1.807, 2.05) is 6.21 Å². The highest BCUT2D eigenvalue weighted by atomic mass is 14.6. The van der Waals surface area contributed by atoms with E-state index in [1.165, 1.54) is 24.8 Å². The van der Waals surface area contributed by atoms with Crippen LogP contribution in [0.2, 0.25) is 0 Å². The van der Waals surface area contributed by atoms with E-state index < -0.39 is 0 Å². The van der Waals surface area contributed by atoms with Crippen LogP contribution in [0.3, 0.4) is 0 Å². The Hall–Kier alpha value is -1.55. The monoisotopic (exact) mass is 255 g/mol. The van der Waals surface area contributed by atoms with Crippen molar-refractivity contribution < 1.29 is 0 Å². The Kier molecular flexibility index (Phi) is 8.47. The largest absolute Gasteiger partial charge is 0.210 e. The lowest BCUT2D eigenvalue weighted by atomic mass is 9.97. The van der Waals surface area contributed by atoms with Crippen LogP contribution < -0.4 is 0 Å². The zero-order valence-corrected chi connectivity index (χ0v) is 12.2. The molecule has 0 fully saturated rings. The van der Waals surface area contributed by atoms with Crippen molar-refractivity contribution in [2.75, 3.05) is 0 Å². The molecule has 1 rings (SSSR count). The Morgan fingerprint density at radius 2 is 2.00 bits per heavy atom. The molecule has 1 atom stereocenters. The van der Waals surface area contributed by atoms with Gasteiger partial charge in [0.2, 0.25) is 0 Å². The zero-order valence-electron chi connectivity index (χ0n) is 12.2. The third kappa shape index (κ3) is 7.47. The Balaban J connectivity index is 2.17. The molecule has 0 heterocycles. The van der Waals surface area contributed by atoms with E-state index in [4.69, 9.17) is 0 Å². The van der Waals surface area contributed by atoms with Crippen LogP contribution in [0.15, 0.2) is 35.3 Å². The minimum atomic E-state index is 0.573. The summed E-state index contributed by atoms with van der Waals surface area (Å²) in [5.74, 6) is 3.70. The summed E-state index contributed by atoms with van der Waals surface area (Å²) in [6.45, 7) is 4.47. The zero-order chi connectivity index (χ0) is 13.8. The van der Waals surface area contributed by atoms with Crippen molar-refractivity contribution in [2.45, 2.75) is 58.3 Å². The highest BCUT2D eigenvalue weighted by Gasteiger charge is 2.02. The first kappa shape index (κ1) is 15.5. The minimum absolute atomic E-state index is 0.573. The molecule has 0 amide bonds. The number of nitrogens with zero attached hydrogens (tertiary/aromatic N) is 1. The van der Waals surface area contributed by atoms with E-state index in [-0.39, 0.29) is 0 Å². The lowest BCUT2D eigenvalue weighted by Gasteiger charge is -2.08. The van der Waals surface area contributed by atoms with Crippen LogP contribution in [0.5, 0.6) is 0 Å². The highest BCUT2D eigenvalue weighted by Crippen LogP contribution is 2.19. The van der Waals surface area contributed by atoms with Crippen molar-refractivity contribution >= 4 is 6.21 Å². The molecule has 0 saturated heterocycles. The molecule has 0 bridgehead atoms. The third-order valence-electron chi connectivity index (χ3n) is 3.24. The van der Waals surface area contributed by atoms with Gasteiger partial charge in [0.25, 0.3) is 0 Å². The van der Waals surface area contributed by atoms with Crippen LogP contribution in [0.25, 0.3) is 0 Å². The summed E-state index contributed by atoms with van der Waals surface area (Å²) in [5.41, 5.74) is 1.40. The van der Waals surface area contributed by atoms with Gasteiger partial charge < -0.3 is 0 Å². The molecule has 19 heavy (non-hydrogen) atoms. The molecule has 0 aliphatic heterocycles. The van der Waals surface area contributed by atoms with Crippen LogP contribution in [0.1, 0.15) is 63.9 Å². The van der Waals surface area contributed by atoms with Gasteiger partial charge in [-0.1, -0.05) is 62.9 Å². The molecule has 1 unspecified atom stereocenters. The van der Waals surface area contributed by atoms with Crippen molar-refractivity contribution in [1.82, 2.24) is 0 Å². The van der Waals surface area contributed by atoms with Gasteiger partial charge in [-0.3, -0.25) is 0 Å². The van der Waals surface area contributed by atoms with E-state index in [9.17, 15) is 0 Å². The third-order valence-corrected chi connectivity index (χ3v) is 3.24. The lowest BCUT2D eigenvalue weighted by molar-refractivity contribution is 0.698. The second-order valence-corrected chi connectivity index (χ2v) is 4.95. The quantitative estimate of drug-likeness (QED) is 0.361. The summed E-state index contributed by atoms with van der Waals surface area (Å²) < 4.78 is 0. The first-order valence-electron chi connectivity index (χ1n) is 7.39. The molecule has 0 spiro atoms. The molecule has 0 aliphatic rings. The molecular weight excluding hydrogens is 230 g/mol. The summed E-state index contributed by atoms with van der Waals surface area (Å²) >= 11 is 0. The van der Waals surface area contributed by atoms with Crippen LogP contribution in [0.4, 0.5) is 0 Å². The number of benzene rings is 1. The Labute approximate surface area is 118 Å². The smallest absolute Gasteiger partial charge is 0.0333 e. The fourth-order valence-corrected chi connectivity index (χ4v) is 1.93. The van der Waals surface area contributed by atoms with Gasteiger partial charge in [-0.05, 0) is 30.7 Å². The molecule has 0 aliphatic carbocycles. The average molecular weight is 255 g/mol. The van der Waals surface area contributed by atoms with E-state index in [0.717, 1.165) is 19.3 Å². The van der Waals surface area contributed by atoms with Crippen LogP contribution >= 0.6 is 0 Å². The summed E-state index contributed by atoms with van der Waals surface area (Å²) in [6.07, 6.45) is 8.80. The standard InChI is InChI=1S/C18H25N/c1-3-4-5-10-15-19-16-11-9-12-17(2)18-13-7-6-8-14-18/h6-8,13-15,17H,3-5,9-10,12H2,1-2H3. The SMILES string of the molecule is CCCCCC=NC#CCCC(C)c1ccccc1. The maximum absolute atomic E-state index is 4.13. The van der Waals surface area contributed by atoms with Gasteiger partial charge in [-0.2, -0.15) is 0 Å².